The van der Waals surface area contributed by atoms with Gasteiger partial charge in [-0.3, -0.25) is 4.79 Å². The largest absolute Gasteiger partial charge is 0.300 e. The first-order valence-electron chi connectivity index (χ1n) is 7.34. The Balaban J connectivity index is 2.11. The minimum atomic E-state index is -1.55. The van der Waals surface area contributed by atoms with Crippen LogP contribution < -0.4 is 5.19 Å². The maximum absolute atomic E-state index is 13.0. The van der Waals surface area contributed by atoms with Crippen LogP contribution in [0.15, 0.2) is 30.3 Å². The van der Waals surface area contributed by atoms with Gasteiger partial charge in [0.05, 0.1) is 14.2 Å². The molecule has 1 atom stereocenters. The molecule has 104 valence electrons. The molecule has 0 spiro atoms. The minimum absolute atomic E-state index is 0.415. The van der Waals surface area contributed by atoms with E-state index < -0.39 is 14.2 Å². The van der Waals surface area contributed by atoms with E-state index in [2.05, 4.69) is 24.3 Å². The second kappa shape index (κ2) is 6.46. The smallest absolute Gasteiger partial charge is 0.132 e. The number of Topliss-reactive ketones (excluding diaryl/α,β-unsaturated/α-hetero) is 1. The van der Waals surface area contributed by atoms with Crippen LogP contribution in [-0.4, -0.2) is 20.0 Å². The zero-order valence-corrected chi connectivity index (χ0v) is 12.7. The molecule has 0 amide bonds. The first kappa shape index (κ1) is 14.4. The average Bonchev–Trinajstić information content (AvgIpc) is 2.42. The quantitative estimate of drug-likeness (QED) is 0.748. The van der Waals surface area contributed by atoms with Gasteiger partial charge in [0, 0.05) is 12.8 Å². The summed E-state index contributed by atoms with van der Waals surface area (Å²) in [5.41, 5.74) is 0. The van der Waals surface area contributed by atoms with Crippen molar-refractivity contribution in [2.24, 2.45) is 0 Å². The van der Waals surface area contributed by atoms with Crippen LogP contribution in [0.1, 0.15) is 32.6 Å². The lowest BCUT2D eigenvalue weighted by molar-refractivity contribution is -0.118. The number of hydrogen-bond donors (Lipinski definition) is 0. The van der Waals surface area contributed by atoms with Crippen LogP contribution in [-0.2, 0) is 4.79 Å². The van der Waals surface area contributed by atoms with Crippen molar-refractivity contribution in [3.63, 3.8) is 0 Å². The highest BCUT2D eigenvalue weighted by Gasteiger charge is 2.37. The highest BCUT2D eigenvalue weighted by molar-refractivity contribution is 6.92. The van der Waals surface area contributed by atoms with Crippen molar-refractivity contribution < 1.29 is 9.18 Å². The number of ketones is 1. The monoisotopic (exact) mass is 278 g/mol. The molecule has 0 N–H and O–H groups in total. The van der Waals surface area contributed by atoms with Crippen LogP contribution in [0.4, 0.5) is 4.39 Å². The fourth-order valence-corrected chi connectivity index (χ4v) is 8.12. The van der Waals surface area contributed by atoms with Gasteiger partial charge in [-0.05, 0) is 25.4 Å². The van der Waals surface area contributed by atoms with Gasteiger partial charge in [0.15, 0.2) is 0 Å². The molecular weight excluding hydrogens is 255 g/mol. The molecule has 1 aromatic carbocycles. The second-order valence-corrected chi connectivity index (χ2v) is 10.5. The van der Waals surface area contributed by atoms with Crippen molar-refractivity contribution in [1.82, 2.24) is 0 Å². The molecule has 1 aliphatic rings. The van der Waals surface area contributed by atoms with Gasteiger partial charge in [-0.15, -0.1) is 0 Å². The van der Waals surface area contributed by atoms with Gasteiger partial charge in [-0.25, -0.2) is 4.39 Å². The summed E-state index contributed by atoms with van der Waals surface area (Å²) in [7, 11) is -1.55. The van der Waals surface area contributed by atoms with Crippen molar-refractivity contribution in [3.8, 4) is 0 Å². The first-order chi connectivity index (χ1) is 9.12. The Morgan fingerprint density at radius 2 is 1.84 bits per heavy atom. The third-order valence-electron chi connectivity index (χ3n) is 4.41. The summed E-state index contributed by atoms with van der Waals surface area (Å²) in [6.07, 6.45) is 2.41. The van der Waals surface area contributed by atoms with Crippen molar-refractivity contribution in [3.05, 3.63) is 30.3 Å². The maximum Gasteiger partial charge on any atom is 0.132 e. The van der Waals surface area contributed by atoms with E-state index >= 15 is 0 Å². The van der Waals surface area contributed by atoms with Gasteiger partial charge in [-0.1, -0.05) is 48.0 Å². The fourth-order valence-electron chi connectivity index (χ4n) is 3.20. The number of carbonyl (C=O) groups excluding carboxylic acids is 1. The average molecular weight is 278 g/mol. The van der Waals surface area contributed by atoms with E-state index in [-0.39, 0.29) is 0 Å². The summed E-state index contributed by atoms with van der Waals surface area (Å²) < 4.78 is 13.0. The fraction of sp³-hybridized carbons (Fsp3) is 0.562. The van der Waals surface area contributed by atoms with E-state index in [9.17, 15) is 9.18 Å². The molecule has 1 aliphatic heterocycles. The van der Waals surface area contributed by atoms with Crippen LogP contribution in [0, 0.1) is 0 Å². The van der Waals surface area contributed by atoms with Crippen LogP contribution in [0.5, 0.6) is 0 Å². The highest BCUT2D eigenvalue weighted by Crippen LogP contribution is 2.32. The van der Waals surface area contributed by atoms with Crippen LogP contribution in [0.2, 0.25) is 18.1 Å². The van der Waals surface area contributed by atoms with Crippen molar-refractivity contribution in [2.75, 3.05) is 0 Å². The second-order valence-electron chi connectivity index (χ2n) is 5.86. The van der Waals surface area contributed by atoms with Gasteiger partial charge >= 0.3 is 0 Å². The molecule has 1 aromatic rings. The molecule has 2 rings (SSSR count). The van der Waals surface area contributed by atoms with E-state index in [1.165, 1.54) is 5.19 Å². The number of halogens is 1. The zero-order chi connectivity index (χ0) is 13.7. The molecule has 0 bridgehead atoms. The standard InChI is InChI=1S/C16H23FOSi/c1-14(17)6-5-11-19(12-9-15(18)10-13-19)16-7-3-2-4-8-16/h2-4,7-8,14H,5-6,9-13H2,1H3. The van der Waals surface area contributed by atoms with Crippen molar-refractivity contribution in [2.45, 2.75) is 56.9 Å². The van der Waals surface area contributed by atoms with Crippen molar-refractivity contribution in [1.29, 1.82) is 0 Å². The molecule has 3 heteroatoms. The van der Waals surface area contributed by atoms with Crippen LogP contribution in [0.25, 0.3) is 0 Å². The van der Waals surface area contributed by atoms with Gasteiger partial charge in [0.25, 0.3) is 0 Å². The lowest BCUT2D eigenvalue weighted by Gasteiger charge is -2.35. The molecular formula is C16H23FOSi. The van der Waals surface area contributed by atoms with Crippen molar-refractivity contribution >= 4 is 19.0 Å². The number of hydrogen-bond acceptors (Lipinski definition) is 1. The number of carbonyl (C=O) groups is 1. The zero-order valence-electron chi connectivity index (χ0n) is 11.7. The van der Waals surface area contributed by atoms with Gasteiger partial charge in [-0.2, -0.15) is 0 Å². The predicted octanol–water partition coefficient (Wildman–Crippen LogP) is 3.84. The van der Waals surface area contributed by atoms with E-state index in [4.69, 9.17) is 0 Å². The lowest BCUT2D eigenvalue weighted by Crippen LogP contribution is -2.50. The Hall–Kier alpha value is -0.963. The predicted molar refractivity (Wildman–Crippen MR) is 80.3 cm³/mol. The lowest BCUT2D eigenvalue weighted by atomic mass is 10.2. The molecule has 1 fully saturated rings. The molecule has 1 heterocycles. The number of benzene rings is 1. The molecule has 0 aromatic heterocycles. The Morgan fingerprint density at radius 1 is 1.21 bits per heavy atom. The van der Waals surface area contributed by atoms with E-state index in [0.29, 0.717) is 12.2 Å². The minimum Gasteiger partial charge on any atom is -0.300 e. The Morgan fingerprint density at radius 3 is 2.42 bits per heavy atom. The molecule has 0 saturated carbocycles. The number of rotatable bonds is 5. The Bertz CT molecular complexity index is 406. The van der Waals surface area contributed by atoms with Gasteiger partial charge < -0.3 is 0 Å². The molecule has 19 heavy (non-hydrogen) atoms. The highest BCUT2D eigenvalue weighted by atomic mass is 28.3. The third-order valence-corrected chi connectivity index (χ3v) is 9.69. The summed E-state index contributed by atoms with van der Waals surface area (Å²) in [6, 6.07) is 14.0. The van der Waals surface area contributed by atoms with Gasteiger partial charge in [0.2, 0.25) is 0 Å². The maximum atomic E-state index is 13.0. The SMILES string of the molecule is CC(F)CCC[Si]1(c2ccccc2)CCC(=O)CC1. The van der Waals surface area contributed by atoms with Gasteiger partial charge in [0.1, 0.15) is 5.78 Å². The summed E-state index contributed by atoms with van der Waals surface area (Å²) in [4.78, 5) is 11.5. The van der Waals surface area contributed by atoms with E-state index in [1.54, 1.807) is 6.92 Å². The summed E-state index contributed by atoms with van der Waals surface area (Å²) in [5, 5.41) is 1.47. The Labute approximate surface area is 116 Å². The van der Waals surface area contributed by atoms with Crippen LogP contribution >= 0.6 is 0 Å². The summed E-state index contributed by atoms with van der Waals surface area (Å²) in [6.45, 7) is 1.64. The Kier molecular flexibility index (Phi) is 4.91. The molecule has 1 unspecified atom stereocenters. The number of alkyl halides is 1. The molecule has 1 saturated heterocycles. The third kappa shape index (κ3) is 3.75. The topological polar surface area (TPSA) is 17.1 Å². The normalized spacial score (nSPS) is 20.2. The van der Waals surface area contributed by atoms with Crippen LogP contribution in [0.3, 0.4) is 0 Å². The molecule has 0 aliphatic carbocycles. The first-order valence-corrected chi connectivity index (χ1v) is 9.96. The molecule has 1 nitrogen and oxygen atoms in total. The van der Waals surface area contributed by atoms with E-state index in [1.807, 2.05) is 6.07 Å². The van der Waals surface area contributed by atoms with E-state index in [0.717, 1.165) is 37.4 Å². The summed E-state index contributed by atoms with van der Waals surface area (Å²) in [5.74, 6) is 0.415. The molecule has 0 radical (unpaired) electrons. The summed E-state index contributed by atoms with van der Waals surface area (Å²) >= 11 is 0.